The number of piperazine rings is 1. The van der Waals surface area contributed by atoms with Crippen LogP contribution in [-0.4, -0.2) is 54.7 Å². The van der Waals surface area contributed by atoms with Crippen LogP contribution in [0.5, 0.6) is 5.75 Å². The first-order valence-electron chi connectivity index (χ1n) is 7.99. The Morgan fingerprint density at radius 3 is 2.74 bits per heavy atom. The van der Waals surface area contributed by atoms with Crippen molar-refractivity contribution in [3.63, 3.8) is 0 Å². The number of hydrogen-bond donors (Lipinski definition) is 1. The molecule has 0 aliphatic carbocycles. The van der Waals surface area contributed by atoms with Gasteiger partial charge in [0.2, 0.25) is 0 Å². The normalized spacial score (nSPS) is 18.7. The highest BCUT2D eigenvalue weighted by Crippen LogP contribution is 2.23. The molecule has 1 aromatic rings. The van der Waals surface area contributed by atoms with E-state index in [0.717, 1.165) is 19.6 Å². The molecule has 1 amide bonds. The number of likely N-dealkylation sites (N-methyl/N-ethyl adjacent to an activating group) is 1. The molecule has 23 heavy (non-hydrogen) atoms. The SMILES string of the molecule is CCNC(=O)Oc1ccc(CN2CCN(C)C(C)(C)C2)c(F)c1. The fraction of sp³-hybridized carbons (Fsp3) is 0.588. The van der Waals surface area contributed by atoms with Crippen LogP contribution >= 0.6 is 0 Å². The molecular formula is C17H26FN3O2. The second kappa shape index (κ2) is 7.27. The standard InChI is InChI=1S/C17H26FN3O2/c1-5-19-16(22)23-14-7-6-13(15(18)10-14)11-21-9-8-20(4)17(2,3)12-21/h6-7,10H,5,8-9,11-12H2,1-4H3,(H,19,22). The van der Waals surface area contributed by atoms with Gasteiger partial charge in [0.05, 0.1) is 0 Å². The first-order valence-corrected chi connectivity index (χ1v) is 7.99. The van der Waals surface area contributed by atoms with Crippen LogP contribution in [-0.2, 0) is 6.54 Å². The van der Waals surface area contributed by atoms with Gasteiger partial charge in [0, 0.05) is 49.9 Å². The van der Waals surface area contributed by atoms with Gasteiger partial charge < -0.3 is 10.1 Å². The molecule has 0 bridgehead atoms. The Bertz CT molecular complexity index is 563. The first-order chi connectivity index (χ1) is 10.8. The smallest absolute Gasteiger partial charge is 0.410 e. The van der Waals surface area contributed by atoms with E-state index in [0.29, 0.717) is 18.7 Å². The average molecular weight is 323 g/mol. The van der Waals surface area contributed by atoms with Crippen LogP contribution in [0.4, 0.5) is 9.18 Å². The lowest BCUT2D eigenvalue weighted by atomic mass is 9.99. The molecule has 6 heteroatoms. The Hall–Kier alpha value is -1.66. The number of nitrogens with zero attached hydrogens (tertiary/aromatic N) is 2. The van der Waals surface area contributed by atoms with Gasteiger partial charge in [-0.3, -0.25) is 9.80 Å². The van der Waals surface area contributed by atoms with Gasteiger partial charge in [0.15, 0.2) is 0 Å². The molecule has 128 valence electrons. The number of carbonyl (C=O) groups excluding carboxylic acids is 1. The fourth-order valence-corrected chi connectivity index (χ4v) is 2.72. The molecule has 0 aromatic heterocycles. The summed E-state index contributed by atoms with van der Waals surface area (Å²) >= 11 is 0. The quantitative estimate of drug-likeness (QED) is 0.924. The second-order valence-electron chi connectivity index (χ2n) is 6.62. The minimum Gasteiger partial charge on any atom is -0.410 e. The van der Waals surface area contributed by atoms with Crippen molar-refractivity contribution in [3.05, 3.63) is 29.6 Å². The van der Waals surface area contributed by atoms with Crippen molar-refractivity contribution in [2.24, 2.45) is 0 Å². The molecule has 0 radical (unpaired) electrons. The minimum absolute atomic E-state index is 0.0794. The lowest BCUT2D eigenvalue weighted by Gasteiger charge is -2.45. The van der Waals surface area contributed by atoms with Crippen molar-refractivity contribution in [1.29, 1.82) is 0 Å². The second-order valence-corrected chi connectivity index (χ2v) is 6.62. The first kappa shape index (κ1) is 17.7. The number of hydrogen-bond acceptors (Lipinski definition) is 4. The number of amides is 1. The third-order valence-electron chi connectivity index (χ3n) is 4.35. The highest BCUT2D eigenvalue weighted by atomic mass is 19.1. The monoisotopic (exact) mass is 323 g/mol. The number of rotatable bonds is 4. The molecule has 0 atom stereocenters. The van der Waals surface area contributed by atoms with Crippen LogP contribution < -0.4 is 10.1 Å². The average Bonchev–Trinajstić information content (AvgIpc) is 2.46. The molecule has 0 unspecified atom stereocenters. The largest absolute Gasteiger partial charge is 0.412 e. The van der Waals surface area contributed by atoms with Crippen molar-refractivity contribution in [2.75, 3.05) is 33.2 Å². The summed E-state index contributed by atoms with van der Waals surface area (Å²) in [5.74, 6) is -0.126. The van der Waals surface area contributed by atoms with Crippen molar-refractivity contribution < 1.29 is 13.9 Å². The van der Waals surface area contributed by atoms with Crippen LogP contribution in [0.2, 0.25) is 0 Å². The molecule has 1 heterocycles. The van der Waals surface area contributed by atoms with E-state index in [9.17, 15) is 9.18 Å². The lowest BCUT2D eigenvalue weighted by molar-refractivity contribution is 0.0355. The van der Waals surface area contributed by atoms with Crippen molar-refractivity contribution >= 4 is 6.09 Å². The van der Waals surface area contributed by atoms with Crippen LogP contribution in [0.1, 0.15) is 26.3 Å². The van der Waals surface area contributed by atoms with Gasteiger partial charge in [0.25, 0.3) is 0 Å². The zero-order valence-corrected chi connectivity index (χ0v) is 14.4. The number of nitrogens with one attached hydrogen (secondary N) is 1. The molecule has 1 N–H and O–H groups in total. The summed E-state index contributed by atoms with van der Waals surface area (Å²) in [5, 5.41) is 2.51. The molecule has 1 aliphatic rings. The molecule has 0 saturated carbocycles. The molecule has 0 spiro atoms. The van der Waals surface area contributed by atoms with Crippen molar-refractivity contribution in [3.8, 4) is 5.75 Å². The van der Waals surface area contributed by atoms with Gasteiger partial charge in [0.1, 0.15) is 11.6 Å². The van der Waals surface area contributed by atoms with Crippen molar-refractivity contribution in [1.82, 2.24) is 15.1 Å². The van der Waals surface area contributed by atoms with Gasteiger partial charge in [-0.25, -0.2) is 9.18 Å². The Labute approximate surface area is 137 Å². The van der Waals surface area contributed by atoms with Gasteiger partial charge in [-0.2, -0.15) is 0 Å². The third kappa shape index (κ3) is 4.65. The van der Waals surface area contributed by atoms with E-state index >= 15 is 0 Å². The third-order valence-corrected chi connectivity index (χ3v) is 4.35. The van der Waals surface area contributed by atoms with Crippen LogP contribution in [0.3, 0.4) is 0 Å². The Morgan fingerprint density at radius 2 is 2.13 bits per heavy atom. The van der Waals surface area contributed by atoms with E-state index in [-0.39, 0.29) is 17.1 Å². The summed E-state index contributed by atoms with van der Waals surface area (Å²) in [5.41, 5.74) is 0.698. The zero-order chi connectivity index (χ0) is 17.0. The summed E-state index contributed by atoms with van der Waals surface area (Å²) in [6, 6.07) is 4.59. The van der Waals surface area contributed by atoms with E-state index < -0.39 is 6.09 Å². The summed E-state index contributed by atoms with van der Waals surface area (Å²) in [4.78, 5) is 15.9. The predicted molar refractivity (Wildman–Crippen MR) is 88.1 cm³/mol. The minimum atomic E-state index is -0.569. The highest BCUT2D eigenvalue weighted by molar-refractivity contribution is 5.70. The maximum Gasteiger partial charge on any atom is 0.412 e. The van der Waals surface area contributed by atoms with Crippen LogP contribution in [0, 0.1) is 5.82 Å². The topological polar surface area (TPSA) is 44.8 Å². The molecule has 1 fully saturated rings. The van der Waals surface area contributed by atoms with Crippen molar-refractivity contribution in [2.45, 2.75) is 32.9 Å². The van der Waals surface area contributed by atoms with E-state index in [1.807, 2.05) is 0 Å². The van der Waals surface area contributed by atoms with Gasteiger partial charge in [-0.1, -0.05) is 6.07 Å². The molecule has 1 saturated heterocycles. The number of benzene rings is 1. The molecule has 1 aliphatic heterocycles. The van der Waals surface area contributed by atoms with E-state index in [4.69, 9.17) is 4.74 Å². The van der Waals surface area contributed by atoms with Gasteiger partial charge in [-0.05, 0) is 33.9 Å². The zero-order valence-electron chi connectivity index (χ0n) is 14.4. The number of halogens is 1. The maximum absolute atomic E-state index is 14.3. The molecular weight excluding hydrogens is 297 g/mol. The molecule has 5 nitrogen and oxygen atoms in total. The number of carbonyl (C=O) groups is 1. The Morgan fingerprint density at radius 1 is 1.39 bits per heavy atom. The Kier molecular flexibility index (Phi) is 5.59. The summed E-state index contributed by atoms with van der Waals surface area (Å²) in [6.45, 7) is 9.98. The summed E-state index contributed by atoms with van der Waals surface area (Å²) < 4.78 is 19.3. The summed E-state index contributed by atoms with van der Waals surface area (Å²) in [7, 11) is 2.12. The highest BCUT2D eigenvalue weighted by Gasteiger charge is 2.31. The maximum atomic E-state index is 14.3. The van der Waals surface area contributed by atoms with Crippen LogP contribution in [0.25, 0.3) is 0 Å². The van der Waals surface area contributed by atoms with Gasteiger partial charge in [-0.15, -0.1) is 0 Å². The number of ether oxygens (including phenoxy) is 1. The van der Waals surface area contributed by atoms with E-state index in [2.05, 4.69) is 36.0 Å². The molecule has 2 rings (SSSR count). The lowest BCUT2D eigenvalue weighted by Crippen LogP contribution is -2.57. The van der Waals surface area contributed by atoms with Crippen LogP contribution in [0.15, 0.2) is 18.2 Å². The van der Waals surface area contributed by atoms with E-state index in [1.165, 1.54) is 6.07 Å². The molecule has 1 aromatic carbocycles. The summed E-state index contributed by atoms with van der Waals surface area (Å²) in [6.07, 6.45) is -0.569. The fourth-order valence-electron chi connectivity index (χ4n) is 2.72. The van der Waals surface area contributed by atoms with E-state index in [1.54, 1.807) is 19.1 Å². The predicted octanol–water partition coefficient (Wildman–Crippen LogP) is 2.46. The van der Waals surface area contributed by atoms with Gasteiger partial charge >= 0.3 is 6.09 Å². The Balaban J connectivity index is 2.00.